The van der Waals surface area contributed by atoms with Crippen LogP contribution >= 0.6 is 0 Å². The lowest BCUT2D eigenvalue weighted by molar-refractivity contribution is -0.121. The van der Waals surface area contributed by atoms with Gasteiger partial charge in [0.25, 0.3) is 0 Å². The summed E-state index contributed by atoms with van der Waals surface area (Å²) in [6.07, 6.45) is 0.521. The van der Waals surface area contributed by atoms with Gasteiger partial charge in [0.15, 0.2) is 0 Å². The Morgan fingerprint density at radius 3 is 1.88 bits per heavy atom. The van der Waals surface area contributed by atoms with Crippen LogP contribution in [-0.4, -0.2) is 5.78 Å². The normalized spacial score (nSPS) is 23.4. The van der Waals surface area contributed by atoms with E-state index in [-0.39, 0.29) is 16.7 Å². The number of Topliss-reactive ketones (excluding diaryl/α,β-unsaturated/α-hetero) is 1. The van der Waals surface area contributed by atoms with Crippen LogP contribution in [0.25, 0.3) is 0 Å². The minimum atomic E-state index is 0.0288. The standard InChI is InChI=1S/C16H26O/c1-10-9-12(17)11(2)14(16(6,7)8)13(10)15(3,4)5/h11H,1,9H2,2-8H3. The molecule has 1 heteroatoms. The van der Waals surface area contributed by atoms with Crippen molar-refractivity contribution < 1.29 is 4.79 Å². The van der Waals surface area contributed by atoms with Crippen molar-refractivity contribution in [3.05, 3.63) is 23.3 Å². The molecule has 1 unspecified atom stereocenters. The first-order chi connectivity index (χ1) is 7.46. The third-order valence-corrected chi connectivity index (χ3v) is 3.48. The molecule has 0 bridgehead atoms. The van der Waals surface area contributed by atoms with Crippen LogP contribution in [0.1, 0.15) is 54.9 Å². The highest BCUT2D eigenvalue weighted by Gasteiger charge is 2.38. The summed E-state index contributed by atoms with van der Waals surface area (Å²) in [4.78, 5) is 12.0. The lowest BCUT2D eigenvalue weighted by atomic mass is 9.64. The van der Waals surface area contributed by atoms with E-state index in [9.17, 15) is 4.79 Å². The maximum atomic E-state index is 12.0. The monoisotopic (exact) mass is 234 g/mol. The van der Waals surface area contributed by atoms with Crippen LogP contribution < -0.4 is 0 Å². The number of allylic oxidation sites excluding steroid dienone is 3. The van der Waals surface area contributed by atoms with Gasteiger partial charge in [-0.05, 0) is 22.0 Å². The van der Waals surface area contributed by atoms with Crippen molar-refractivity contribution in [2.75, 3.05) is 0 Å². The van der Waals surface area contributed by atoms with E-state index in [1.807, 2.05) is 6.92 Å². The van der Waals surface area contributed by atoms with Gasteiger partial charge in [-0.1, -0.05) is 60.6 Å². The maximum absolute atomic E-state index is 12.0. The Bertz CT molecular complexity index is 383. The predicted octanol–water partition coefficient (Wildman–Crippen LogP) is 4.54. The predicted molar refractivity (Wildman–Crippen MR) is 73.9 cm³/mol. The SMILES string of the molecule is C=C1CC(=O)C(C)C(C(C)(C)C)=C1C(C)(C)C. The van der Waals surface area contributed by atoms with Crippen LogP contribution in [0.3, 0.4) is 0 Å². The molecule has 1 nitrogen and oxygen atoms in total. The third kappa shape index (κ3) is 2.70. The highest BCUT2D eigenvalue weighted by atomic mass is 16.1. The van der Waals surface area contributed by atoms with Gasteiger partial charge < -0.3 is 0 Å². The van der Waals surface area contributed by atoms with Crippen LogP contribution in [0.15, 0.2) is 23.3 Å². The lowest BCUT2D eigenvalue weighted by Gasteiger charge is -2.40. The zero-order chi connectivity index (χ0) is 13.6. The van der Waals surface area contributed by atoms with E-state index in [4.69, 9.17) is 0 Å². The number of hydrogen-bond donors (Lipinski definition) is 0. The van der Waals surface area contributed by atoms with E-state index in [2.05, 4.69) is 48.1 Å². The van der Waals surface area contributed by atoms with Crippen LogP contribution in [0.4, 0.5) is 0 Å². The van der Waals surface area contributed by atoms with Gasteiger partial charge in [0, 0.05) is 12.3 Å². The van der Waals surface area contributed by atoms with E-state index in [0.717, 1.165) is 5.57 Å². The molecule has 0 aliphatic heterocycles. The summed E-state index contributed by atoms with van der Waals surface area (Å²) in [6, 6.07) is 0. The molecule has 1 aliphatic carbocycles. The molecule has 0 amide bonds. The number of rotatable bonds is 0. The fourth-order valence-electron chi connectivity index (χ4n) is 2.98. The zero-order valence-corrected chi connectivity index (χ0v) is 12.4. The molecule has 17 heavy (non-hydrogen) atoms. The lowest BCUT2D eigenvalue weighted by Crippen LogP contribution is -2.32. The van der Waals surface area contributed by atoms with E-state index in [1.54, 1.807) is 0 Å². The Kier molecular flexibility index (Phi) is 3.44. The minimum absolute atomic E-state index is 0.0288. The summed E-state index contributed by atoms with van der Waals surface area (Å²) in [7, 11) is 0. The quantitative estimate of drug-likeness (QED) is 0.601. The van der Waals surface area contributed by atoms with Crippen LogP contribution in [0.5, 0.6) is 0 Å². The van der Waals surface area contributed by atoms with Crippen molar-refractivity contribution in [1.29, 1.82) is 0 Å². The smallest absolute Gasteiger partial charge is 0.144 e. The highest BCUT2D eigenvalue weighted by Crippen LogP contribution is 2.47. The summed E-state index contributed by atoms with van der Waals surface area (Å²) in [5.41, 5.74) is 3.71. The Morgan fingerprint density at radius 1 is 1.06 bits per heavy atom. The van der Waals surface area contributed by atoms with Gasteiger partial charge >= 0.3 is 0 Å². The molecule has 0 saturated carbocycles. The van der Waals surface area contributed by atoms with Crippen LogP contribution in [0, 0.1) is 16.7 Å². The van der Waals surface area contributed by atoms with Crippen LogP contribution in [0.2, 0.25) is 0 Å². The molecular weight excluding hydrogens is 208 g/mol. The number of carbonyl (C=O) groups excluding carboxylic acids is 1. The topological polar surface area (TPSA) is 17.1 Å². The molecule has 0 radical (unpaired) electrons. The number of hydrogen-bond acceptors (Lipinski definition) is 1. The van der Waals surface area contributed by atoms with Gasteiger partial charge in [-0.15, -0.1) is 0 Å². The molecular formula is C16H26O. The molecule has 0 aromatic carbocycles. The van der Waals surface area contributed by atoms with Gasteiger partial charge in [0.2, 0.25) is 0 Å². The minimum Gasteiger partial charge on any atom is -0.299 e. The largest absolute Gasteiger partial charge is 0.299 e. The number of carbonyl (C=O) groups is 1. The van der Waals surface area contributed by atoms with Gasteiger partial charge in [0.1, 0.15) is 5.78 Å². The highest BCUT2D eigenvalue weighted by molar-refractivity contribution is 5.89. The fourth-order valence-corrected chi connectivity index (χ4v) is 2.98. The fraction of sp³-hybridized carbons (Fsp3) is 0.688. The van der Waals surface area contributed by atoms with Crippen molar-refractivity contribution in [2.24, 2.45) is 16.7 Å². The van der Waals surface area contributed by atoms with Crippen molar-refractivity contribution in [2.45, 2.75) is 54.9 Å². The Balaban J connectivity index is 3.54. The average Bonchev–Trinajstić information content (AvgIpc) is 2.06. The Hall–Kier alpha value is -0.850. The first kappa shape index (κ1) is 14.2. The first-order valence-electron chi connectivity index (χ1n) is 6.42. The number of ketones is 1. The third-order valence-electron chi connectivity index (χ3n) is 3.48. The van der Waals surface area contributed by atoms with Crippen molar-refractivity contribution >= 4 is 5.78 Å². The molecule has 0 N–H and O–H groups in total. The first-order valence-corrected chi connectivity index (χ1v) is 6.42. The zero-order valence-electron chi connectivity index (χ0n) is 12.4. The maximum Gasteiger partial charge on any atom is 0.144 e. The van der Waals surface area contributed by atoms with Crippen molar-refractivity contribution in [1.82, 2.24) is 0 Å². The molecule has 1 atom stereocenters. The second-order valence-corrected chi connectivity index (χ2v) is 7.26. The van der Waals surface area contributed by atoms with E-state index in [1.165, 1.54) is 11.1 Å². The molecule has 96 valence electrons. The molecule has 1 rings (SSSR count). The molecule has 0 fully saturated rings. The summed E-state index contributed by atoms with van der Waals surface area (Å²) < 4.78 is 0. The molecule has 0 heterocycles. The molecule has 0 spiro atoms. The Labute approximate surface area is 106 Å². The second-order valence-electron chi connectivity index (χ2n) is 7.26. The van der Waals surface area contributed by atoms with Crippen molar-refractivity contribution in [3.8, 4) is 0 Å². The second kappa shape index (κ2) is 4.12. The van der Waals surface area contributed by atoms with E-state index in [0.29, 0.717) is 12.2 Å². The molecule has 0 aromatic heterocycles. The molecule has 0 saturated heterocycles. The van der Waals surface area contributed by atoms with Gasteiger partial charge in [-0.3, -0.25) is 4.79 Å². The Morgan fingerprint density at radius 2 is 1.53 bits per heavy atom. The summed E-state index contributed by atoms with van der Waals surface area (Å²) in [5, 5.41) is 0. The van der Waals surface area contributed by atoms with Gasteiger partial charge in [0.05, 0.1) is 0 Å². The van der Waals surface area contributed by atoms with E-state index >= 15 is 0 Å². The van der Waals surface area contributed by atoms with Gasteiger partial charge in [-0.2, -0.15) is 0 Å². The van der Waals surface area contributed by atoms with Gasteiger partial charge in [-0.25, -0.2) is 0 Å². The summed E-state index contributed by atoms with van der Waals surface area (Å²) >= 11 is 0. The molecule has 1 aliphatic rings. The summed E-state index contributed by atoms with van der Waals surface area (Å²) in [6.45, 7) is 19.4. The average molecular weight is 234 g/mol. The van der Waals surface area contributed by atoms with Crippen LogP contribution in [-0.2, 0) is 4.79 Å². The van der Waals surface area contributed by atoms with Crippen molar-refractivity contribution in [3.63, 3.8) is 0 Å². The molecule has 0 aromatic rings. The van der Waals surface area contributed by atoms with E-state index < -0.39 is 0 Å². The summed E-state index contributed by atoms with van der Waals surface area (Å²) in [5.74, 6) is 0.350.